The molecule has 0 radical (unpaired) electrons. The molecule has 0 aliphatic heterocycles. The molecule has 0 saturated heterocycles. The molecule has 0 amide bonds. The van der Waals surface area contributed by atoms with Crippen LogP contribution in [0, 0.1) is 0 Å². The van der Waals surface area contributed by atoms with Crippen LogP contribution in [0.3, 0.4) is 0 Å². The molecule has 0 aromatic heterocycles. The molecule has 0 saturated carbocycles. The van der Waals surface area contributed by atoms with E-state index in [0.717, 1.165) is 0 Å². The summed E-state index contributed by atoms with van der Waals surface area (Å²) in [6.45, 7) is 1.48. The van der Waals surface area contributed by atoms with Crippen molar-refractivity contribution in [3.8, 4) is 5.75 Å². The highest BCUT2D eigenvalue weighted by molar-refractivity contribution is 6.32. The van der Waals surface area contributed by atoms with Gasteiger partial charge in [0.15, 0.2) is 0 Å². The fourth-order valence-corrected chi connectivity index (χ4v) is 1.16. The van der Waals surface area contributed by atoms with Gasteiger partial charge in [-0.3, -0.25) is 0 Å². The van der Waals surface area contributed by atoms with Crippen LogP contribution in [0.5, 0.6) is 5.75 Å². The van der Waals surface area contributed by atoms with E-state index >= 15 is 0 Å². The number of phenolic OH excluding ortho intramolecular Hbond substituents is 1. The molecule has 0 spiro atoms. The largest absolute Gasteiger partial charge is 0.508 e. The van der Waals surface area contributed by atoms with Gasteiger partial charge >= 0.3 is 5.97 Å². The molecule has 14 heavy (non-hydrogen) atoms. The topological polar surface area (TPSA) is 57.5 Å². The van der Waals surface area contributed by atoms with Crippen molar-refractivity contribution < 1.29 is 15.0 Å². The molecule has 1 rings (SSSR count). The maximum Gasteiger partial charge on any atom is 0.331 e. The van der Waals surface area contributed by atoms with Gasteiger partial charge < -0.3 is 10.2 Å². The highest BCUT2D eigenvalue weighted by atomic mass is 35.5. The first-order chi connectivity index (χ1) is 6.50. The zero-order valence-electron chi connectivity index (χ0n) is 7.49. The quantitative estimate of drug-likeness (QED) is 0.741. The van der Waals surface area contributed by atoms with Gasteiger partial charge in [0.2, 0.25) is 0 Å². The molecule has 4 heteroatoms. The summed E-state index contributed by atoms with van der Waals surface area (Å²) in [7, 11) is 0. The zero-order valence-corrected chi connectivity index (χ0v) is 8.25. The molecule has 0 unspecified atom stereocenters. The van der Waals surface area contributed by atoms with Crippen molar-refractivity contribution in [2.75, 3.05) is 0 Å². The van der Waals surface area contributed by atoms with E-state index in [0.29, 0.717) is 10.6 Å². The highest BCUT2D eigenvalue weighted by Gasteiger charge is 2.03. The predicted molar refractivity (Wildman–Crippen MR) is 54.4 cm³/mol. The SMILES string of the molecule is C/C(=C/c1ccc(O)cc1Cl)C(=O)O. The Morgan fingerprint density at radius 3 is 2.64 bits per heavy atom. The fourth-order valence-electron chi connectivity index (χ4n) is 0.928. The van der Waals surface area contributed by atoms with Crippen LogP contribution in [-0.2, 0) is 4.79 Å². The summed E-state index contributed by atoms with van der Waals surface area (Å²) >= 11 is 5.78. The van der Waals surface area contributed by atoms with E-state index in [4.69, 9.17) is 21.8 Å². The Labute approximate surface area is 86.3 Å². The molecule has 0 aliphatic rings. The van der Waals surface area contributed by atoms with Gasteiger partial charge in [0, 0.05) is 5.57 Å². The number of carbonyl (C=O) groups is 1. The number of aliphatic carboxylic acids is 1. The van der Waals surface area contributed by atoms with Crippen LogP contribution in [0.4, 0.5) is 0 Å². The standard InChI is InChI=1S/C10H9ClO3/c1-6(10(13)14)4-7-2-3-8(12)5-9(7)11/h2-5,12H,1H3,(H,13,14)/b6-4-. The fraction of sp³-hybridized carbons (Fsp3) is 0.100. The van der Waals surface area contributed by atoms with Gasteiger partial charge in [-0.1, -0.05) is 11.6 Å². The van der Waals surface area contributed by atoms with Crippen molar-refractivity contribution in [2.45, 2.75) is 6.92 Å². The number of carboxylic acids is 1. The Kier molecular flexibility index (Phi) is 3.14. The van der Waals surface area contributed by atoms with Crippen molar-refractivity contribution in [1.29, 1.82) is 0 Å². The molecule has 0 aliphatic carbocycles. The summed E-state index contributed by atoms with van der Waals surface area (Å²) in [5.74, 6) is -0.936. The van der Waals surface area contributed by atoms with E-state index in [9.17, 15) is 4.79 Å². The van der Waals surface area contributed by atoms with E-state index in [1.54, 1.807) is 6.07 Å². The van der Waals surface area contributed by atoms with Crippen LogP contribution in [0.2, 0.25) is 5.02 Å². The Balaban J connectivity index is 3.09. The summed E-state index contributed by atoms with van der Waals surface area (Å²) in [6.07, 6.45) is 1.45. The molecule has 3 nitrogen and oxygen atoms in total. The second kappa shape index (κ2) is 4.15. The Morgan fingerprint density at radius 1 is 1.50 bits per heavy atom. The van der Waals surface area contributed by atoms with Crippen molar-refractivity contribution in [3.63, 3.8) is 0 Å². The third kappa shape index (κ3) is 2.50. The Morgan fingerprint density at radius 2 is 2.14 bits per heavy atom. The molecule has 0 bridgehead atoms. The van der Waals surface area contributed by atoms with Gasteiger partial charge in [0.05, 0.1) is 5.02 Å². The average molecular weight is 213 g/mol. The van der Waals surface area contributed by atoms with Gasteiger partial charge in [-0.2, -0.15) is 0 Å². The lowest BCUT2D eigenvalue weighted by Gasteiger charge is -2.00. The first-order valence-corrected chi connectivity index (χ1v) is 4.28. The third-order valence-electron chi connectivity index (χ3n) is 1.69. The van der Waals surface area contributed by atoms with E-state index < -0.39 is 5.97 Å². The summed E-state index contributed by atoms with van der Waals surface area (Å²) in [4.78, 5) is 10.5. The number of aromatic hydroxyl groups is 1. The normalized spacial score (nSPS) is 11.4. The second-order valence-electron chi connectivity index (χ2n) is 2.84. The maximum atomic E-state index is 10.5. The second-order valence-corrected chi connectivity index (χ2v) is 3.25. The number of benzene rings is 1. The summed E-state index contributed by atoms with van der Waals surface area (Å²) < 4.78 is 0. The van der Waals surface area contributed by atoms with Gasteiger partial charge in [-0.15, -0.1) is 0 Å². The summed E-state index contributed by atoms with van der Waals surface area (Å²) in [6, 6.07) is 4.37. The maximum absolute atomic E-state index is 10.5. The van der Waals surface area contributed by atoms with Crippen LogP contribution in [-0.4, -0.2) is 16.2 Å². The number of rotatable bonds is 2. The highest BCUT2D eigenvalue weighted by Crippen LogP contribution is 2.23. The molecule has 0 heterocycles. The molecule has 74 valence electrons. The summed E-state index contributed by atoms with van der Waals surface area (Å²) in [5.41, 5.74) is 0.766. The van der Waals surface area contributed by atoms with E-state index in [1.807, 2.05) is 0 Å². The van der Waals surface area contributed by atoms with Gasteiger partial charge in [0.25, 0.3) is 0 Å². The van der Waals surface area contributed by atoms with E-state index in [-0.39, 0.29) is 11.3 Å². The number of hydrogen-bond donors (Lipinski definition) is 2. The average Bonchev–Trinajstić information content (AvgIpc) is 2.09. The van der Waals surface area contributed by atoms with Crippen LogP contribution in [0.25, 0.3) is 6.08 Å². The van der Waals surface area contributed by atoms with Crippen molar-refractivity contribution in [2.24, 2.45) is 0 Å². The molecular formula is C10H9ClO3. The minimum Gasteiger partial charge on any atom is -0.508 e. The van der Waals surface area contributed by atoms with E-state index in [2.05, 4.69) is 0 Å². The van der Waals surface area contributed by atoms with E-state index in [1.165, 1.54) is 25.1 Å². The molecule has 1 aromatic rings. The number of phenols is 1. The van der Waals surface area contributed by atoms with Gasteiger partial charge in [-0.05, 0) is 36.8 Å². The lowest BCUT2D eigenvalue weighted by molar-refractivity contribution is -0.132. The number of hydrogen-bond acceptors (Lipinski definition) is 2. The van der Waals surface area contributed by atoms with Crippen molar-refractivity contribution in [3.05, 3.63) is 34.4 Å². The zero-order chi connectivity index (χ0) is 10.7. The lowest BCUT2D eigenvalue weighted by atomic mass is 10.1. The van der Waals surface area contributed by atoms with Crippen molar-refractivity contribution in [1.82, 2.24) is 0 Å². The number of carboxylic acid groups (broad SMARTS) is 1. The van der Waals surface area contributed by atoms with Crippen LogP contribution in [0.1, 0.15) is 12.5 Å². The first-order valence-electron chi connectivity index (χ1n) is 3.91. The number of halogens is 1. The molecule has 1 aromatic carbocycles. The lowest BCUT2D eigenvalue weighted by Crippen LogP contribution is -1.95. The molecule has 2 N–H and O–H groups in total. The monoisotopic (exact) mass is 212 g/mol. The van der Waals surface area contributed by atoms with Crippen LogP contribution < -0.4 is 0 Å². The molecule has 0 atom stereocenters. The minimum atomic E-state index is -0.992. The van der Waals surface area contributed by atoms with Crippen LogP contribution in [0.15, 0.2) is 23.8 Å². The van der Waals surface area contributed by atoms with Crippen LogP contribution >= 0.6 is 11.6 Å². The molecular weight excluding hydrogens is 204 g/mol. The Hall–Kier alpha value is -1.48. The van der Waals surface area contributed by atoms with Gasteiger partial charge in [-0.25, -0.2) is 4.79 Å². The molecule has 0 fully saturated rings. The summed E-state index contributed by atoms with van der Waals surface area (Å²) in [5, 5.41) is 18.0. The van der Waals surface area contributed by atoms with Gasteiger partial charge in [0.1, 0.15) is 5.75 Å². The smallest absolute Gasteiger partial charge is 0.331 e. The van der Waals surface area contributed by atoms with Crippen molar-refractivity contribution >= 4 is 23.6 Å². The predicted octanol–water partition coefficient (Wildman–Crippen LogP) is 2.53. The first kappa shape index (κ1) is 10.6. The third-order valence-corrected chi connectivity index (χ3v) is 2.02. The minimum absolute atomic E-state index is 0.0557. The Bertz CT molecular complexity index is 396.